The average Bonchev–Trinajstić information content (AvgIpc) is 2.95. The van der Waals surface area contributed by atoms with Gasteiger partial charge in [0.25, 0.3) is 0 Å². The summed E-state index contributed by atoms with van der Waals surface area (Å²) in [6.07, 6.45) is 2.99. The molecule has 0 radical (unpaired) electrons. The molecule has 1 aromatic rings. The van der Waals surface area contributed by atoms with E-state index in [0.29, 0.717) is 17.8 Å². The molecule has 2 fully saturated rings. The van der Waals surface area contributed by atoms with Crippen molar-refractivity contribution < 1.29 is 19.5 Å². The molecule has 4 N–H and O–H groups in total. The van der Waals surface area contributed by atoms with Crippen molar-refractivity contribution in [3.05, 3.63) is 29.8 Å². The molecule has 3 aliphatic rings. The number of nitrogens with two attached hydrogens (primary N) is 1. The van der Waals surface area contributed by atoms with E-state index in [4.69, 9.17) is 5.73 Å². The highest BCUT2D eigenvalue weighted by Gasteiger charge is 2.47. The molecule has 8 heteroatoms. The van der Waals surface area contributed by atoms with Crippen molar-refractivity contribution >= 4 is 23.3 Å². The topological polar surface area (TPSA) is 116 Å². The van der Waals surface area contributed by atoms with E-state index in [1.807, 2.05) is 13.8 Å². The van der Waals surface area contributed by atoms with Crippen LogP contribution in [0.1, 0.15) is 49.9 Å². The highest BCUT2D eigenvalue weighted by atomic mass is 16.3. The fourth-order valence-corrected chi connectivity index (χ4v) is 5.47. The van der Waals surface area contributed by atoms with Crippen LogP contribution in [0, 0.1) is 5.92 Å². The second kappa shape index (κ2) is 8.68. The number of para-hydroxylation sites is 1. The number of carbonyl (C=O) groups excluding carboxylic acids is 3. The lowest BCUT2D eigenvalue weighted by molar-refractivity contribution is -0.132. The molecule has 0 aromatic heterocycles. The van der Waals surface area contributed by atoms with Crippen LogP contribution >= 0.6 is 0 Å². The standard InChI is InChI=1S/C23H32N4O4/c1-13(2)27-19-6-4-3-5-18(19)21(29)20(23(27)31)22(30)25-14-9-15-7-8-16(10-14)26(15)12-17(28)11-24/h3-6,13-17,20,28H,7-12,24H2,1-2H3,(H,25,30)/t14-,15-,16+,17?,20?. The first kappa shape index (κ1) is 21.9. The summed E-state index contributed by atoms with van der Waals surface area (Å²) in [6.45, 7) is 4.54. The minimum Gasteiger partial charge on any atom is -0.390 e. The van der Waals surface area contributed by atoms with Crippen LogP contribution in [0.25, 0.3) is 0 Å². The molecule has 0 saturated carbocycles. The molecule has 168 valence electrons. The van der Waals surface area contributed by atoms with Crippen molar-refractivity contribution in [1.29, 1.82) is 0 Å². The van der Waals surface area contributed by atoms with E-state index >= 15 is 0 Å². The summed E-state index contributed by atoms with van der Waals surface area (Å²) in [5.74, 6) is -2.73. The van der Waals surface area contributed by atoms with Gasteiger partial charge in [-0.1, -0.05) is 12.1 Å². The van der Waals surface area contributed by atoms with Crippen LogP contribution in [0.15, 0.2) is 24.3 Å². The lowest BCUT2D eigenvalue weighted by Crippen LogP contribution is -2.57. The number of fused-ring (bicyclic) bond motifs is 3. The van der Waals surface area contributed by atoms with E-state index in [0.717, 1.165) is 25.7 Å². The number of piperidine rings is 1. The van der Waals surface area contributed by atoms with Gasteiger partial charge in [-0.3, -0.25) is 19.3 Å². The predicted octanol–water partition coefficient (Wildman–Crippen LogP) is 0.672. The van der Waals surface area contributed by atoms with Crippen LogP contribution < -0.4 is 16.0 Å². The number of rotatable bonds is 6. The van der Waals surface area contributed by atoms with Gasteiger partial charge in [-0.05, 0) is 51.7 Å². The highest BCUT2D eigenvalue weighted by Crippen LogP contribution is 2.36. The number of anilines is 1. The summed E-state index contributed by atoms with van der Waals surface area (Å²) in [6, 6.07) is 7.28. The lowest BCUT2D eigenvalue weighted by atomic mass is 9.88. The molecular formula is C23H32N4O4. The number of aliphatic hydroxyl groups excluding tert-OH is 1. The largest absolute Gasteiger partial charge is 0.390 e. The first-order chi connectivity index (χ1) is 14.8. The Labute approximate surface area is 182 Å². The van der Waals surface area contributed by atoms with Gasteiger partial charge in [0, 0.05) is 42.8 Å². The fourth-order valence-electron chi connectivity index (χ4n) is 5.47. The maximum Gasteiger partial charge on any atom is 0.247 e. The number of amides is 2. The van der Waals surface area contributed by atoms with Crippen LogP contribution in [0.4, 0.5) is 5.69 Å². The van der Waals surface area contributed by atoms with Crippen LogP contribution in [-0.2, 0) is 9.59 Å². The second-order valence-corrected chi connectivity index (χ2v) is 9.26. The van der Waals surface area contributed by atoms with Crippen molar-refractivity contribution in [2.24, 2.45) is 11.7 Å². The van der Waals surface area contributed by atoms with Crippen molar-refractivity contribution in [2.75, 3.05) is 18.0 Å². The Morgan fingerprint density at radius 2 is 1.84 bits per heavy atom. The van der Waals surface area contributed by atoms with Gasteiger partial charge >= 0.3 is 0 Å². The Kier molecular flexibility index (Phi) is 6.14. The third-order valence-electron chi connectivity index (χ3n) is 6.88. The quantitative estimate of drug-likeness (QED) is 0.574. The zero-order valence-corrected chi connectivity index (χ0v) is 18.2. The number of nitrogens with one attached hydrogen (secondary N) is 1. The number of hydrogen-bond donors (Lipinski definition) is 3. The van der Waals surface area contributed by atoms with Crippen LogP contribution in [0.5, 0.6) is 0 Å². The molecular weight excluding hydrogens is 396 g/mol. The molecule has 3 heterocycles. The molecule has 5 atom stereocenters. The molecule has 2 saturated heterocycles. The third kappa shape index (κ3) is 4.00. The second-order valence-electron chi connectivity index (χ2n) is 9.26. The number of carbonyl (C=O) groups is 3. The number of hydrogen-bond acceptors (Lipinski definition) is 6. The van der Waals surface area contributed by atoms with Gasteiger partial charge in [0.05, 0.1) is 11.8 Å². The minimum atomic E-state index is -1.34. The zero-order chi connectivity index (χ0) is 22.3. The summed E-state index contributed by atoms with van der Waals surface area (Å²) in [7, 11) is 0. The van der Waals surface area contributed by atoms with Gasteiger partial charge in [-0.15, -0.1) is 0 Å². The van der Waals surface area contributed by atoms with Gasteiger partial charge in [0.1, 0.15) is 0 Å². The monoisotopic (exact) mass is 428 g/mol. The maximum absolute atomic E-state index is 13.2. The van der Waals surface area contributed by atoms with E-state index in [1.165, 1.54) is 0 Å². The molecule has 0 spiro atoms. The normalized spacial score (nSPS) is 29.3. The molecule has 2 amide bonds. The first-order valence-electron chi connectivity index (χ1n) is 11.2. The Morgan fingerprint density at radius 3 is 2.45 bits per heavy atom. The van der Waals surface area contributed by atoms with E-state index in [-0.39, 0.29) is 30.7 Å². The number of benzene rings is 1. The highest BCUT2D eigenvalue weighted by molar-refractivity contribution is 6.31. The number of Topliss-reactive ketones (excluding diaryl/α,β-unsaturated/α-hetero) is 1. The summed E-state index contributed by atoms with van der Waals surface area (Å²) in [5, 5.41) is 13.0. The van der Waals surface area contributed by atoms with Crippen molar-refractivity contribution in [3.63, 3.8) is 0 Å². The third-order valence-corrected chi connectivity index (χ3v) is 6.88. The van der Waals surface area contributed by atoms with Gasteiger partial charge in [0.15, 0.2) is 11.7 Å². The average molecular weight is 429 g/mol. The van der Waals surface area contributed by atoms with Gasteiger partial charge < -0.3 is 21.1 Å². The lowest BCUT2D eigenvalue weighted by Gasteiger charge is -2.40. The van der Waals surface area contributed by atoms with Crippen molar-refractivity contribution in [1.82, 2.24) is 10.2 Å². The smallest absolute Gasteiger partial charge is 0.247 e. The maximum atomic E-state index is 13.2. The number of ketones is 1. The molecule has 4 rings (SSSR count). The number of aliphatic hydroxyl groups is 1. The summed E-state index contributed by atoms with van der Waals surface area (Å²) < 4.78 is 0. The van der Waals surface area contributed by atoms with E-state index < -0.39 is 29.6 Å². The van der Waals surface area contributed by atoms with Crippen molar-refractivity contribution in [2.45, 2.75) is 69.8 Å². The molecule has 1 aromatic carbocycles. The van der Waals surface area contributed by atoms with E-state index in [2.05, 4.69) is 10.2 Å². The Morgan fingerprint density at radius 1 is 1.19 bits per heavy atom. The van der Waals surface area contributed by atoms with E-state index in [9.17, 15) is 19.5 Å². The van der Waals surface area contributed by atoms with E-state index in [1.54, 1.807) is 29.2 Å². The Hall–Kier alpha value is -2.29. The zero-order valence-electron chi connectivity index (χ0n) is 18.2. The minimum absolute atomic E-state index is 0.0819. The molecule has 2 bridgehead atoms. The summed E-state index contributed by atoms with van der Waals surface area (Å²) in [5.41, 5.74) is 6.56. The Balaban J connectivity index is 1.48. The van der Waals surface area contributed by atoms with Crippen LogP contribution in [-0.4, -0.2) is 71.0 Å². The molecule has 3 aliphatic heterocycles. The first-order valence-corrected chi connectivity index (χ1v) is 11.2. The van der Waals surface area contributed by atoms with Crippen LogP contribution in [0.2, 0.25) is 0 Å². The molecule has 31 heavy (non-hydrogen) atoms. The fraction of sp³-hybridized carbons (Fsp3) is 0.609. The summed E-state index contributed by atoms with van der Waals surface area (Å²) >= 11 is 0. The van der Waals surface area contributed by atoms with Crippen LogP contribution in [0.3, 0.4) is 0 Å². The van der Waals surface area contributed by atoms with Gasteiger partial charge in [-0.2, -0.15) is 0 Å². The van der Waals surface area contributed by atoms with Gasteiger partial charge in [-0.25, -0.2) is 0 Å². The SMILES string of the molecule is CC(C)N1C(=O)C(C(=O)N[C@@H]2C[C@H]3CC[C@@H](C2)N3CC(O)CN)C(=O)c2ccccc21. The molecule has 2 unspecified atom stereocenters. The predicted molar refractivity (Wildman–Crippen MR) is 117 cm³/mol. The number of nitrogens with zero attached hydrogens (tertiary/aromatic N) is 2. The summed E-state index contributed by atoms with van der Waals surface area (Å²) in [4.78, 5) is 43.2. The molecule has 0 aliphatic carbocycles. The van der Waals surface area contributed by atoms with Crippen molar-refractivity contribution in [3.8, 4) is 0 Å². The van der Waals surface area contributed by atoms with Gasteiger partial charge in [0.2, 0.25) is 11.8 Å². The molecule has 8 nitrogen and oxygen atoms in total. The Bertz CT molecular complexity index is 859.